The molecule has 2 aliphatic heterocycles. The Hall–Kier alpha value is -2.93. The van der Waals surface area contributed by atoms with E-state index >= 15 is 0 Å². The lowest BCUT2D eigenvalue weighted by Crippen LogP contribution is -2.54. The lowest BCUT2D eigenvalue weighted by Gasteiger charge is -2.50. The van der Waals surface area contributed by atoms with Crippen LogP contribution in [0.3, 0.4) is 0 Å². The molecular formula is C27H30BrN3O3. The summed E-state index contributed by atoms with van der Waals surface area (Å²) in [6, 6.07) is 10.7. The highest BCUT2D eigenvalue weighted by atomic mass is 79.9. The molecule has 0 aliphatic carbocycles. The average Bonchev–Trinajstić information content (AvgIpc) is 2.70. The van der Waals surface area contributed by atoms with Gasteiger partial charge in [0, 0.05) is 21.7 Å². The van der Waals surface area contributed by atoms with Crippen molar-refractivity contribution in [3.63, 3.8) is 0 Å². The van der Waals surface area contributed by atoms with Crippen LogP contribution in [0.5, 0.6) is 0 Å². The van der Waals surface area contributed by atoms with Crippen molar-refractivity contribution in [1.29, 1.82) is 0 Å². The van der Waals surface area contributed by atoms with E-state index in [1.165, 1.54) is 11.3 Å². The highest BCUT2D eigenvalue weighted by molar-refractivity contribution is 9.10. The highest BCUT2D eigenvalue weighted by Crippen LogP contribution is 2.45. The lowest BCUT2D eigenvalue weighted by atomic mass is 9.78. The van der Waals surface area contributed by atoms with Gasteiger partial charge in [-0.3, -0.25) is 14.9 Å². The van der Waals surface area contributed by atoms with Gasteiger partial charge in [0.25, 0.3) is 11.8 Å². The maximum Gasteiger partial charge on any atom is 0.335 e. The van der Waals surface area contributed by atoms with Gasteiger partial charge in [0.05, 0.1) is 5.69 Å². The van der Waals surface area contributed by atoms with Gasteiger partial charge < -0.3 is 4.90 Å². The van der Waals surface area contributed by atoms with E-state index in [4.69, 9.17) is 0 Å². The van der Waals surface area contributed by atoms with Crippen LogP contribution in [0.15, 0.2) is 46.4 Å². The number of carbonyl (C=O) groups excluding carboxylic acids is 3. The third-order valence-corrected chi connectivity index (χ3v) is 7.14. The van der Waals surface area contributed by atoms with Crippen LogP contribution in [0.25, 0.3) is 6.08 Å². The topological polar surface area (TPSA) is 69.7 Å². The van der Waals surface area contributed by atoms with E-state index in [1.54, 1.807) is 30.3 Å². The van der Waals surface area contributed by atoms with Crippen molar-refractivity contribution in [2.45, 2.75) is 65.5 Å². The van der Waals surface area contributed by atoms with E-state index in [2.05, 4.69) is 72.9 Å². The molecule has 0 bridgehead atoms. The van der Waals surface area contributed by atoms with Crippen molar-refractivity contribution in [1.82, 2.24) is 5.32 Å². The molecule has 0 radical (unpaired) electrons. The maximum absolute atomic E-state index is 13.3. The lowest BCUT2D eigenvalue weighted by molar-refractivity contribution is -0.122. The van der Waals surface area contributed by atoms with E-state index in [-0.39, 0.29) is 11.1 Å². The Labute approximate surface area is 209 Å². The Morgan fingerprint density at radius 2 is 1.85 bits per heavy atom. The molecule has 6 nitrogen and oxygen atoms in total. The number of benzene rings is 2. The molecule has 34 heavy (non-hydrogen) atoms. The number of fused-ring (bicyclic) bond motifs is 1. The van der Waals surface area contributed by atoms with Gasteiger partial charge in [0.15, 0.2) is 0 Å². The molecule has 1 N–H and O–H groups in total. The van der Waals surface area contributed by atoms with Crippen molar-refractivity contribution in [3.05, 3.63) is 63.1 Å². The minimum absolute atomic E-state index is 0.0248. The SMILES string of the molecule is Cc1cc2c(cc1/C=C1\C(=O)NC(=O)N(c3cccc(Br)c3)C1=O)[C@@H](C)CC(C)(C)N2C(C)C. The zero-order valence-electron chi connectivity index (χ0n) is 20.4. The standard InChI is InChI=1S/C27H30BrN3O3/c1-15(2)31-23-10-16(3)18(11-21(23)17(4)14-27(31,5)6)12-22-24(32)29-26(34)30(25(22)33)20-9-7-8-19(28)13-20/h7-13,15,17H,14H2,1-6H3,(H,29,32,34)/b22-12+/t17-/m0/s1. The van der Waals surface area contributed by atoms with Gasteiger partial charge in [0.1, 0.15) is 5.57 Å². The summed E-state index contributed by atoms with van der Waals surface area (Å²) < 4.78 is 0.727. The third kappa shape index (κ3) is 4.17. The Morgan fingerprint density at radius 1 is 1.15 bits per heavy atom. The molecule has 2 heterocycles. The first kappa shape index (κ1) is 24.2. The number of barbiturate groups is 1. The first-order valence-electron chi connectivity index (χ1n) is 11.5. The molecule has 2 aliphatic rings. The summed E-state index contributed by atoms with van der Waals surface area (Å²) in [6.07, 6.45) is 2.61. The van der Waals surface area contributed by atoms with Crippen molar-refractivity contribution >= 4 is 51.2 Å². The monoisotopic (exact) mass is 523 g/mol. The predicted molar refractivity (Wildman–Crippen MR) is 139 cm³/mol. The molecule has 0 aromatic heterocycles. The predicted octanol–water partition coefficient (Wildman–Crippen LogP) is 5.92. The van der Waals surface area contributed by atoms with Crippen molar-refractivity contribution in [2.75, 3.05) is 9.80 Å². The van der Waals surface area contributed by atoms with Crippen LogP contribution in [0.2, 0.25) is 0 Å². The first-order chi connectivity index (χ1) is 15.9. The second-order valence-corrected chi connectivity index (χ2v) is 11.0. The fraction of sp³-hybridized carbons (Fsp3) is 0.370. The molecule has 0 saturated carbocycles. The number of imide groups is 2. The normalized spacial score (nSPS) is 21.2. The molecular weight excluding hydrogens is 494 g/mol. The molecule has 1 fully saturated rings. The van der Waals surface area contributed by atoms with E-state index in [0.717, 1.165) is 26.9 Å². The number of nitrogens with zero attached hydrogens (tertiary/aromatic N) is 2. The largest absolute Gasteiger partial charge is 0.364 e. The molecule has 2 aromatic carbocycles. The Balaban J connectivity index is 1.79. The fourth-order valence-corrected chi connectivity index (χ4v) is 5.80. The first-order valence-corrected chi connectivity index (χ1v) is 12.3. The number of urea groups is 1. The number of carbonyl (C=O) groups is 3. The molecule has 0 spiro atoms. The second kappa shape index (κ2) is 8.69. The van der Waals surface area contributed by atoms with Crippen molar-refractivity contribution < 1.29 is 14.4 Å². The zero-order chi connectivity index (χ0) is 24.9. The molecule has 1 saturated heterocycles. The number of halogens is 1. The van der Waals surface area contributed by atoms with Gasteiger partial charge in [-0.2, -0.15) is 0 Å². The molecule has 0 unspecified atom stereocenters. The number of amides is 4. The summed E-state index contributed by atoms with van der Waals surface area (Å²) in [5.41, 5.74) is 4.52. The van der Waals surface area contributed by atoms with Crippen LogP contribution in [0.4, 0.5) is 16.2 Å². The Morgan fingerprint density at radius 3 is 2.50 bits per heavy atom. The van der Waals surface area contributed by atoms with Crippen LogP contribution < -0.4 is 15.1 Å². The van der Waals surface area contributed by atoms with Gasteiger partial charge in [-0.05, 0) is 100 Å². The number of anilines is 2. The van der Waals surface area contributed by atoms with Gasteiger partial charge in [-0.1, -0.05) is 28.9 Å². The molecule has 4 rings (SSSR count). The molecule has 178 valence electrons. The van der Waals surface area contributed by atoms with Crippen molar-refractivity contribution in [3.8, 4) is 0 Å². The summed E-state index contributed by atoms with van der Waals surface area (Å²) in [5.74, 6) is -0.994. The van der Waals surface area contributed by atoms with Crippen LogP contribution in [-0.2, 0) is 9.59 Å². The average molecular weight is 524 g/mol. The van der Waals surface area contributed by atoms with Crippen LogP contribution >= 0.6 is 15.9 Å². The Bertz CT molecular complexity index is 1230. The number of nitrogens with one attached hydrogen (secondary N) is 1. The minimum atomic E-state index is -0.754. The van der Waals surface area contributed by atoms with E-state index < -0.39 is 17.8 Å². The third-order valence-electron chi connectivity index (χ3n) is 6.65. The van der Waals surface area contributed by atoms with E-state index in [1.807, 2.05) is 6.92 Å². The van der Waals surface area contributed by atoms with Gasteiger partial charge >= 0.3 is 6.03 Å². The minimum Gasteiger partial charge on any atom is -0.364 e. The quantitative estimate of drug-likeness (QED) is 0.400. The van der Waals surface area contributed by atoms with Crippen molar-refractivity contribution in [2.24, 2.45) is 0 Å². The van der Waals surface area contributed by atoms with E-state index in [0.29, 0.717) is 17.6 Å². The summed E-state index contributed by atoms with van der Waals surface area (Å²) in [5, 5.41) is 2.31. The maximum atomic E-state index is 13.3. The van der Waals surface area contributed by atoms with E-state index in [9.17, 15) is 14.4 Å². The molecule has 2 aromatic rings. The van der Waals surface area contributed by atoms with Gasteiger partial charge in [-0.15, -0.1) is 0 Å². The highest BCUT2D eigenvalue weighted by Gasteiger charge is 2.39. The molecule has 1 atom stereocenters. The van der Waals surface area contributed by atoms with Crippen LogP contribution in [0.1, 0.15) is 63.6 Å². The number of hydrogen-bond donors (Lipinski definition) is 1. The molecule has 7 heteroatoms. The molecule has 4 amide bonds. The summed E-state index contributed by atoms with van der Waals surface area (Å²) in [6.45, 7) is 13.2. The zero-order valence-corrected chi connectivity index (χ0v) is 22.0. The Kier molecular flexibility index (Phi) is 6.19. The van der Waals surface area contributed by atoms with Gasteiger partial charge in [0.2, 0.25) is 0 Å². The van der Waals surface area contributed by atoms with Crippen LogP contribution in [0, 0.1) is 6.92 Å². The van der Waals surface area contributed by atoms with Gasteiger partial charge in [-0.25, -0.2) is 9.69 Å². The summed E-state index contributed by atoms with van der Waals surface area (Å²) in [4.78, 5) is 42.0. The van der Waals surface area contributed by atoms with Crippen LogP contribution in [-0.4, -0.2) is 29.4 Å². The number of rotatable bonds is 3. The fourth-order valence-electron chi connectivity index (χ4n) is 5.41. The number of aryl methyl sites for hydroxylation is 1. The summed E-state index contributed by atoms with van der Waals surface area (Å²) >= 11 is 3.37. The smallest absolute Gasteiger partial charge is 0.335 e. The number of hydrogen-bond acceptors (Lipinski definition) is 4. The summed E-state index contributed by atoms with van der Waals surface area (Å²) in [7, 11) is 0. The second-order valence-electron chi connectivity index (χ2n) is 10.1.